The second-order valence-electron chi connectivity index (χ2n) is 7.17. The van der Waals surface area contributed by atoms with Crippen molar-refractivity contribution in [3.8, 4) is 0 Å². The summed E-state index contributed by atoms with van der Waals surface area (Å²) >= 11 is 0. The SMILES string of the molecule is Cc1ccc(CNS(=O)(=O)c2ccc(NC(=O)N3CCCCCC3)cc2)cc1. The molecule has 0 saturated carbocycles. The molecule has 3 rings (SSSR count). The highest BCUT2D eigenvalue weighted by Crippen LogP contribution is 2.16. The normalized spacial score (nSPS) is 15.1. The first kappa shape index (κ1) is 20.4. The predicted molar refractivity (Wildman–Crippen MR) is 111 cm³/mol. The molecule has 0 atom stereocenters. The van der Waals surface area contributed by atoms with E-state index in [1.807, 2.05) is 36.1 Å². The van der Waals surface area contributed by atoms with Gasteiger partial charge in [-0.05, 0) is 49.6 Å². The zero-order valence-electron chi connectivity index (χ0n) is 16.1. The first-order valence-electron chi connectivity index (χ1n) is 9.65. The number of amides is 2. The van der Waals surface area contributed by atoms with E-state index in [0.29, 0.717) is 5.69 Å². The molecule has 0 unspecified atom stereocenters. The van der Waals surface area contributed by atoms with Gasteiger partial charge in [-0.15, -0.1) is 0 Å². The highest BCUT2D eigenvalue weighted by atomic mass is 32.2. The number of anilines is 1. The number of carbonyl (C=O) groups excluding carboxylic acids is 1. The number of likely N-dealkylation sites (tertiary alicyclic amines) is 1. The van der Waals surface area contributed by atoms with Gasteiger partial charge in [-0.2, -0.15) is 0 Å². The fourth-order valence-corrected chi connectivity index (χ4v) is 4.18. The van der Waals surface area contributed by atoms with Gasteiger partial charge in [0.25, 0.3) is 0 Å². The molecule has 1 aliphatic rings. The first-order valence-corrected chi connectivity index (χ1v) is 11.1. The molecule has 2 amide bonds. The van der Waals surface area contributed by atoms with Crippen LogP contribution in [0.15, 0.2) is 53.4 Å². The third kappa shape index (κ3) is 5.56. The summed E-state index contributed by atoms with van der Waals surface area (Å²) in [6.07, 6.45) is 4.37. The molecule has 0 bridgehead atoms. The van der Waals surface area contributed by atoms with E-state index in [2.05, 4.69) is 10.0 Å². The average Bonchev–Trinajstić information content (AvgIpc) is 2.98. The minimum absolute atomic E-state index is 0.130. The smallest absolute Gasteiger partial charge is 0.321 e. The van der Waals surface area contributed by atoms with Crippen molar-refractivity contribution in [1.29, 1.82) is 0 Å². The quantitative estimate of drug-likeness (QED) is 0.798. The Bertz CT molecular complexity index is 885. The van der Waals surface area contributed by atoms with Crippen LogP contribution in [0.5, 0.6) is 0 Å². The molecule has 7 heteroatoms. The van der Waals surface area contributed by atoms with Crippen molar-refractivity contribution in [3.63, 3.8) is 0 Å². The molecule has 1 heterocycles. The van der Waals surface area contributed by atoms with Gasteiger partial charge in [0.15, 0.2) is 0 Å². The number of aryl methyl sites for hydroxylation is 1. The van der Waals surface area contributed by atoms with Crippen LogP contribution < -0.4 is 10.0 Å². The maximum Gasteiger partial charge on any atom is 0.321 e. The van der Waals surface area contributed by atoms with Gasteiger partial charge in [0, 0.05) is 25.3 Å². The standard InChI is InChI=1S/C21H27N3O3S/c1-17-6-8-18(9-7-17)16-22-28(26,27)20-12-10-19(11-13-20)23-21(25)24-14-4-2-3-5-15-24/h6-13,22H,2-5,14-16H2,1H3,(H,23,25). The molecule has 1 fully saturated rings. The number of hydrogen-bond donors (Lipinski definition) is 2. The lowest BCUT2D eigenvalue weighted by Gasteiger charge is -2.20. The van der Waals surface area contributed by atoms with Crippen LogP contribution in [0.25, 0.3) is 0 Å². The van der Waals surface area contributed by atoms with Crippen molar-refractivity contribution in [1.82, 2.24) is 9.62 Å². The number of nitrogens with zero attached hydrogens (tertiary/aromatic N) is 1. The molecule has 28 heavy (non-hydrogen) atoms. The Balaban J connectivity index is 1.59. The molecule has 0 radical (unpaired) electrons. The van der Waals surface area contributed by atoms with Crippen molar-refractivity contribution in [2.75, 3.05) is 18.4 Å². The summed E-state index contributed by atoms with van der Waals surface area (Å²) in [7, 11) is -3.61. The molecule has 0 spiro atoms. The summed E-state index contributed by atoms with van der Waals surface area (Å²) in [4.78, 5) is 14.4. The molecule has 2 aromatic carbocycles. The second kappa shape index (κ2) is 9.21. The van der Waals surface area contributed by atoms with Crippen LogP contribution in [0.3, 0.4) is 0 Å². The number of hydrogen-bond acceptors (Lipinski definition) is 3. The molecule has 6 nitrogen and oxygen atoms in total. The Morgan fingerprint density at radius 1 is 0.929 bits per heavy atom. The average molecular weight is 402 g/mol. The van der Waals surface area contributed by atoms with Crippen LogP contribution in [0.2, 0.25) is 0 Å². The van der Waals surface area contributed by atoms with E-state index >= 15 is 0 Å². The van der Waals surface area contributed by atoms with E-state index in [-0.39, 0.29) is 17.5 Å². The molecular weight excluding hydrogens is 374 g/mol. The Labute approximate surface area is 167 Å². The topological polar surface area (TPSA) is 78.5 Å². The van der Waals surface area contributed by atoms with E-state index in [4.69, 9.17) is 0 Å². The van der Waals surface area contributed by atoms with Gasteiger partial charge in [0.05, 0.1) is 4.90 Å². The minimum atomic E-state index is -3.61. The summed E-state index contributed by atoms with van der Waals surface area (Å²) in [5.74, 6) is 0. The summed E-state index contributed by atoms with van der Waals surface area (Å²) in [6.45, 7) is 3.75. The molecule has 150 valence electrons. The molecule has 1 aliphatic heterocycles. The third-order valence-corrected chi connectivity index (χ3v) is 6.31. The maximum absolute atomic E-state index is 12.5. The van der Waals surface area contributed by atoms with Crippen LogP contribution >= 0.6 is 0 Å². The molecule has 1 saturated heterocycles. The van der Waals surface area contributed by atoms with Gasteiger partial charge in [-0.3, -0.25) is 0 Å². The zero-order chi connectivity index (χ0) is 20.0. The first-order chi connectivity index (χ1) is 13.4. The van der Waals surface area contributed by atoms with Crippen LogP contribution in [0, 0.1) is 6.92 Å². The van der Waals surface area contributed by atoms with Crippen molar-refractivity contribution < 1.29 is 13.2 Å². The number of carbonyl (C=O) groups is 1. The summed E-state index contributed by atoms with van der Waals surface area (Å²) in [5.41, 5.74) is 2.62. The Morgan fingerprint density at radius 2 is 1.54 bits per heavy atom. The monoisotopic (exact) mass is 401 g/mol. The van der Waals surface area contributed by atoms with Gasteiger partial charge in [0.1, 0.15) is 0 Å². The number of nitrogens with one attached hydrogen (secondary N) is 2. The molecule has 0 aliphatic carbocycles. The number of sulfonamides is 1. The van der Waals surface area contributed by atoms with Gasteiger partial charge < -0.3 is 10.2 Å². The van der Waals surface area contributed by atoms with Crippen LogP contribution in [-0.2, 0) is 16.6 Å². The van der Waals surface area contributed by atoms with E-state index in [1.165, 1.54) is 12.1 Å². The van der Waals surface area contributed by atoms with Crippen molar-refractivity contribution in [3.05, 3.63) is 59.7 Å². The Morgan fingerprint density at radius 3 is 2.14 bits per heavy atom. The van der Waals surface area contributed by atoms with Gasteiger partial charge >= 0.3 is 6.03 Å². The van der Waals surface area contributed by atoms with Gasteiger partial charge in [-0.25, -0.2) is 17.9 Å². The largest absolute Gasteiger partial charge is 0.325 e. The molecule has 0 aromatic heterocycles. The maximum atomic E-state index is 12.5. The van der Waals surface area contributed by atoms with Gasteiger partial charge in [-0.1, -0.05) is 42.7 Å². The van der Waals surface area contributed by atoms with Crippen molar-refractivity contribution >= 4 is 21.7 Å². The summed E-state index contributed by atoms with van der Waals surface area (Å²) in [5, 5.41) is 2.85. The minimum Gasteiger partial charge on any atom is -0.325 e. The lowest BCUT2D eigenvalue weighted by Crippen LogP contribution is -2.35. The van der Waals surface area contributed by atoms with Crippen LogP contribution in [-0.4, -0.2) is 32.4 Å². The number of benzene rings is 2. The Kier molecular flexibility index (Phi) is 6.70. The number of rotatable bonds is 5. The second-order valence-corrected chi connectivity index (χ2v) is 8.93. The lowest BCUT2D eigenvalue weighted by molar-refractivity contribution is 0.214. The van der Waals surface area contributed by atoms with Gasteiger partial charge in [0.2, 0.25) is 10.0 Å². The summed E-state index contributed by atoms with van der Waals surface area (Å²) < 4.78 is 27.6. The summed E-state index contributed by atoms with van der Waals surface area (Å²) in [6, 6.07) is 13.8. The molecular formula is C21H27N3O3S. The van der Waals surface area contributed by atoms with Crippen molar-refractivity contribution in [2.24, 2.45) is 0 Å². The van der Waals surface area contributed by atoms with E-state index in [9.17, 15) is 13.2 Å². The highest BCUT2D eigenvalue weighted by molar-refractivity contribution is 7.89. The van der Waals surface area contributed by atoms with E-state index < -0.39 is 10.0 Å². The molecule has 2 aromatic rings. The molecule has 2 N–H and O–H groups in total. The fourth-order valence-electron chi connectivity index (χ4n) is 3.16. The highest BCUT2D eigenvalue weighted by Gasteiger charge is 2.17. The van der Waals surface area contributed by atoms with E-state index in [0.717, 1.165) is 49.9 Å². The Hall–Kier alpha value is -2.38. The third-order valence-electron chi connectivity index (χ3n) is 4.90. The van der Waals surface area contributed by atoms with Crippen LogP contribution in [0.4, 0.5) is 10.5 Å². The number of urea groups is 1. The van der Waals surface area contributed by atoms with Crippen molar-refractivity contribution in [2.45, 2.75) is 44.0 Å². The van der Waals surface area contributed by atoms with Crippen LogP contribution in [0.1, 0.15) is 36.8 Å². The van der Waals surface area contributed by atoms with E-state index in [1.54, 1.807) is 12.1 Å². The zero-order valence-corrected chi connectivity index (χ0v) is 17.0. The lowest BCUT2D eigenvalue weighted by atomic mass is 10.2. The fraction of sp³-hybridized carbons (Fsp3) is 0.381. The predicted octanol–water partition coefficient (Wildman–Crippen LogP) is 3.88.